The van der Waals surface area contributed by atoms with Gasteiger partial charge in [0, 0.05) is 23.4 Å². The van der Waals surface area contributed by atoms with Crippen molar-refractivity contribution in [3.63, 3.8) is 0 Å². The maximum absolute atomic E-state index is 11.5. The number of carboxylic acid groups (broad SMARTS) is 1. The van der Waals surface area contributed by atoms with Crippen LogP contribution >= 0.6 is 11.6 Å². The number of carbonyl (C=O) groups is 1. The summed E-state index contributed by atoms with van der Waals surface area (Å²) in [6.07, 6.45) is 8.62. The maximum Gasteiger partial charge on any atom is 0.326 e. The molecular weight excluding hydrogens is 526 g/mol. The topological polar surface area (TPSA) is 170 Å². The first kappa shape index (κ1) is 26.3. The molecule has 4 aromatic rings. The first-order valence-corrected chi connectivity index (χ1v) is 13.1. The van der Waals surface area contributed by atoms with Crippen LogP contribution in [0, 0.1) is 0 Å². The number of unbranched alkanes of at least 4 members (excludes halogenated alkanes) is 3. The molecule has 0 saturated heterocycles. The van der Waals surface area contributed by atoms with Gasteiger partial charge in [-0.15, -0.1) is 0 Å². The fraction of sp³-hybridized carbons (Fsp3) is 0.346. The summed E-state index contributed by atoms with van der Waals surface area (Å²) < 4.78 is 7.43. The van der Waals surface area contributed by atoms with Crippen molar-refractivity contribution >= 4 is 40.8 Å². The first-order valence-electron chi connectivity index (χ1n) is 12.7. The van der Waals surface area contributed by atoms with Crippen molar-refractivity contribution in [2.45, 2.75) is 51.0 Å². The molecule has 204 valence electrons. The van der Waals surface area contributed by atoms with Crippen LogP contribution in [0.3, 0.4) is 0 Å². The molecule has 13 heteroatoms. The summed E-state index contributed by atoms with van der Waals surface area (Å²) in [6, 6.07) is 7.42. The van der Waals surface area contributed by atoms with E-state index in [4.69, 9.17) is 31.4 Å². The summed E-state index contributed by atoms with van der Waals surface area (Å²) in [5.41, 5.74) is 1.53. The van der Waals surface area contributed by atoms with Crippen molar-refractivity contribution in [1.29, 1.82) is 0 Å². The van der Waals surface area contributed by atoms with Crippen molar-refractivity contribution in [3.05, 3.63) is 62.4 Å². The second-order valence-corrected chi connectivity index (χ2v) is 9.76. The van der Waals surface area contributed by atoms with Gasteiger partial charge in [0.05, 0.1) is 23.9 Å². The van der Waals surface area contributed by atoms with Crippen LogP contribution in [-0.4, -0.2) is 53.4 Å². The Morgan fingerprint density at radius 2 is 2.05 bits per heavy atom. The van der Waals surface area contributed by atoms with E-state index in [0.29, 0.717) is 51.7 Å². The highest BCUT2D eigenvalue weighted by molar-refractivity contribution is 6.32. The fourth-order valence-electron chi connectivity index (χ4n) is 4.02. The monoisotopic (exact) mass is 553 g/mol. The molecule has 0 amide bonds. The number of imidazole rings is 1. The number of H-pyrrole nitrogens is 2. The Morgan fingerprint density at radius 3 is 2.77 bits per heavy atom. The zero-order chi connectivity index (χ0) is 27.4. The number of aromatic nitrogens is 5. The molecule has 1 saturated carbocycles. The number of ether oxygens (including phenoxy) is 1. The van der Waals surface area contributed by atoms with Gasteiger partial charge in [0.25, 0.3) is 0 Å². The summed E-state index contributed by atoms with van der Waals surface area (Å²) in [4.78, 5) is 36.4. The third-order valence-corrected chi connectivity index (χ3v) is 6.42. The third-order valence-electron chi connectivity index (χ3n) is 6.12. The number of hydrogen-bond acceptors (Lipinski definition) is 8. The van der Waals surface area contributed by atoms with Crippen LogP contribution < -0.4 is 26.4 Å². The zero-order valence-electron chi connectivity index (χ0n) is 21.0. The quantitative estimate of drug-likeness (QED) is 0.167. The SMILES string of the molecule is O=C(O)CCCCCCOc1ccc(Nc2cc(=NC3CC3)n3ncc(=Cc4[nH]c(=O)[nH]c4O)c3n2)cc1Cl. The molecule has 0 bridgehead atoms. The van der Waals surface area contributed by atoms with E-state index in [1.54, 1.807) is 35.0 Å². The van der Waals surface area contributed by atoms with Crippen LogP contribution in [0.25, 0.3) is 11.7 Å². The molecule has 12 nitrogen and oxygen atoms in total. The molecule has 0 spiro atoms. The molecule has 3 heterocycles. The van der Waals surface area contributed by atoms with Crippen LogP contribution in [0.1, 0.15) is 50.6 Å². The summed E-state index contributed by atoms with van der Waals surface area (Å²) in [5.74, 6) is 0.0454. The van der Waals surface area contributed by atoms with E-state index in [0.717, 1.165) is 32.1 Å². The molecular formula is C26H28ClN7O5. The third kappa shape index (κ3) is 6.77. The average Bonchev–Trinajstić information content (AvgIpc) is 3.52. The average molecular weight is 554 g/mol. The van der Waals surface area contributed by atoms with Crippen molar-refractivity contribution in [2.75, 3.05) is 11.9 Å². The van der Waals surface area contributed by atoms with Crippen molar-refractivity contribution in [2.24, 2.45) is 4.99 Å². The smallest absolute Gasteiger partial charge is 0.326 e. The lowest BCUT2D eigenvalue weighted by atomic mass is 10.1. The number of halogens is 1. The number of benzene rings is 1. The van der Waals surface area contributed by atoms with Crippen LogP contribution in [0.4, 0.5) is 11.5 Å². The van der Waals surface area contributed by atoms with Crippen LogP contribution in [0.2, 0.25) is 5.02 Å². The van der Waals surface area contributed by atoms with Crippen molar-refractivity contribution < 1.29 is 19.7 Å². The highest BCUT2D eigenvalue weighted by Crippen LogP contribution is 2.29. The van der Waals surface area contributed by atoms with Gasteiger partial charge in [-0.25, -0.2) is 9.78 Å². The fourth-order valence-corrected chi connectivity index (χ4v) is 4.25. The van der Waals surface area contributed by atoms with E-state index >= 15 is 0 Å². The number of fused-ring (bicyclic) bond motifs is 1. The van der Waals surface area contributed by atoms with Gasteiger partial charge in [-0.05, 0) is 50.0 Å². The predicted molar refractivity (Wildman–Crippen MR) is 144 cm³/mol. The van der Waals surface area contributed by atoms with Gasteiger partial charge in [0.1, 0.15) is 17.3 Å². The molecule has 0 unspecified atom stereocenters. The minimum atomic E-state index is -0.770. The number of rotatable bonds is 12. The van der Waals surface area contributed by atoms with Gasteiger partial charge in [0.2, 0.25) is 5.88 Å². The number of aromatic hydroxyl groups is 1. The Hall–Kier alpha value is -4.32. The number of aromatic amines is 2. The van der Waals surface area contributed by atoms with E-state index in [2.05, 4.69) is 20.4 Å². The molecule has 0 aliphatic heterocycles. The summed E-state index contributed by atoms with van der Waals surface area (Å²) in [5, 5.41) is 27.4. The van der Waals surface area contributed by atoms with Crippen molar-refractivity contribution in [3.8, 4) is 11.6 Å². The van der Waals surface area contributed by atoms with Gasteiger partial charge < -0.3 is 25.3 Å². The second kappa shape index (κ2) is 11.6. The van der Waals surface area contributed by atoms with Crippen LogP contribution in [0.5, 0.6) is 11.6 Å². The Kier molecular flexibility index (Phi) is 7.82. The molecule has 0 radical (unpaired) electrons. The lowest BCUT2D eigenvalue weighted by molar-refractivity contribution is -0.137. The Balaban J connectivity index is 1.33. The van der Waals surface area contributed by atoms with E-state index in [9.17, 15) is 14.7 Å². The number of aliphatic carboxylic acids is 1. The highest BCUT2D eigenvalue weighted by Gasteiger charge is 2.20. The zero-order valence-corrected chi connectivity index (χ0v) is 21.7. The minimum absolute atomic E-state index is 0.192. The number of carboxylic acids is 1. The van der Waals surface area contributed by atoms with E-state index in [-0.39, 0.29) is 24.0 Å². The molecule has 1 aliphatic rings. The van der Waals surface area contributed by atoms with Crippen LogP contribution in [-0.2, 0) is 4.79 Å². The minimum Gasteiger partial charge on any atom is -0.493 e. The van der Waals surface area contributed by atoms with Gasteiger partial charge in [-0.1, -0.05) is 24.4 Å². The van der Waals surface area contributed by atoms with Gasteiger partial charge in [0.15, 0.2) is 11.1 Å². The van der Waals surface area contributed by atoms with E-state index in [1.165, 1.54) is 0 Å². The predicted octanol–water partition coefficient (Wildman–Crippen LogP) is 2.87. The molecule has 5 rings (SSSR count). The van der Waals surface area contributed by atoms with Gasteiger partial charge in [-0.2, -0.15) is 9.61 Å². The lowest BCUT2D eigenvalue weighted by Crippen LogP contribution is -2.19. The first-order chi connectivity index (χ1) is 18.9. The Labute approximate surface area is 227 Å². The molecule has 1 aliphatic carbocycles. The number of nitrogens with zero attached hydrogens (tertiary/aromatic N) is 4. The highest BCUT2D eigenvalue weighted by atomic mass is 35.5. The number of hydrogen-bond donors (Lipinski definition) is 5. The second-order valence-electron chi connectivity index (χ2n) is 9.36. The largest absolute Gasteiger partial charge is 0.493 e. The van der Waals surface area contributed by atoms with Gasteiger partial charge >= 0.3 is 11.7 Å². The normalized spacial score (nSPS) is 14.3. The molecule has 5 N–H and O–H groups in total. The number of nitrogens with one attached hydrogen (secondary N) is 3. The summed E-state index contributed by atoms with van der Waals surface area (Å²) in [6.45, 7) is 0.492. The molecule has 0 atom stereocenters. The standard InChI is InChI=1S/C26H28ClN7O5/c27-18-12-17(8-9-20(18)39-10-4-2-1-3-5-23(35)36)29-21-13-22(30-16-6-7-16)34-24(32-21)15(14-28-34)11-19-25(37)33-26(38)31-19/h8-9,11-14,16,29,37H,1-7,10H2,(H,35,36)(H2,31,33,38). The molecule has 1 fully saturated rings. The molecule has 39 heavy (non-hydrogen) atoms. The molecule has 1 aromatic carbocycles. The maximum atomic E-state index is 11.5. The summed E-state index contributed by atoms with van der Waals surface area (Å²) >= 11 is 6.47. The van der Waals surface area contributed by atoms with E-state index < -0.39 is 11.7 Å². The Bertz CT molecular complexity index is 1670. The molecule has 3 aromatic heterocycles. The van der Waals surface area contributed by atoms with Crippen molar-refractivity contribution in [1.82, 2.24) is 24.6 Å². The van der Waals surface area contributed by atoms with Crippen LogP contribution in [0.15, 0.2) is 40.2 Å². The van der Waals surface area contributed by atoms with E-state index in [1.807, 2.05) is 6.07 Å². The number of anilines is 2. The lowest BCUT2D eigenvalue weighted by Gasteiger charge is -2.11. The van der Waals surface area contributed by atoms with Gasteiger partial charge in [-0.3, -0.25) is 14.8 Å². The Morgan fingerprint density at radius 1 is 1.23 bits per heavy atom. The summed E-state index contributed by atoms with van der Waals surface area (Å²) in [7, 11) is 0.